The second-order valence-electron chi connectivity index (χ2n) is 3.45. The largest absolute Gasteiger partial charge is 0.419 e. The number of halogens is 4. The second-order valence-corrected chi connectivity index (χ2v) is 3.81. The Morgan fingerprint density at radius 1 is 1.33 bits per heavy atom. The summed E-state index contributed by atoms with van der Waals surface area (Å²) in [6.07, 6.45) is -2.39. The highest BCUT2D eigenvalue weighted by Crippen LogP contribution is 2.34. The summed E-state index contributed by atoms with van der Waals surface area (Å²) in [6.45, 7) is 0. The van der Waals surface area contributed by atoms with Gasteiger partial charge in [0.15, 0.2) is 0 Å². The SMILES string of the molecule is FC(F)(F)c1ccc(NC2CC2)nc1Cl. The molecule has 2 rings (SSSR count). The highest BCUT2D eigenvalue weighted by atomic mass is 35.5. The Morgan fingerprint density at radius 3 is 2.47 bits per heavy atom. The minimum Gasteiger partial charge on any atom is -0.367 e. The van der Waals surface area contributed by atoms with Crippen molar-refractivity contribution in [3.05, 3.63) is 22.8 Å². The summed E-state index contributed by atoms with van der Waals surface area (Å²) in [5.74, 6) is 0.399. The Labute approximate surface area is 89.5 Å². The lowest BCUT2D eigenvalue weighted by molar-refractivity contribution is -0.137. The average molecular weight is 237 g/mol. The van der Waals surface area contributed by atoms with Crippen LogP contribution in [0.2, 0.25) is 5.15 Å². The lowest BCUT2D eigenvalue weighted by Crippen LogP contribution is -2.09. The fourth-order valence-electron chi connectivity index (χ4n) is 1.16. The molecule has 82 valence electrons. The van der Waals surface area contributed by atoms with Gasteiger partial charge >= 0.3 is 6.18 Å². The number of alkyl halides is 3. The predicted octanol–water partition coefficient (Wildman–Crippen LogP) is 3.33. The van der Waals surface area contributed by atoms with E-state index in [1.165, 1.54) is 6.07 Å². The molecule has 15 heavy (non-hydrogen) atoms. The van der Waals surface area contributed by atoms with E-state index in [-0.39, 0.29) is 0 Å². The van der Waals surface area contributed by atoms with E-state index < -0.39 is 16.9 Å². The molecule has 0 amide bonds. The molecule has 0 spiro atoms. The van der Waals surface area contributed by atoms with E-state index >= 15 is 0 Å². The van der Waals surface area contributed by atoms with E-state index in [1.807, 2.05) is 0 Å². The van der Waals surface area contributed by atoms with Crippen LogP contribution in [0.3, 0.4) is 0 Å². The Kier molecular flexibility index (Phi) is 2.50. The van der Waals surface area contributed by atoms with Crippen molar-refractivity contribution in [1.29, 1.82) is 0 Å². The first kappa shape index (κ1) is 10.5. The van der Waals surface area contributed by atoms with Gasteiger partial charge in [0.25, 0.3) is 0 Å². The van der Waals surface area contributed by atoms with Gasteiger partial charge in [-0.15, -0.1) is 0 Å². The third-order valence-corrected chi connectivity index (χ3v) is 2.37. The van der Waals surface area contributed by atoms with Crippen LogP contribution in [0.1, 0.15) is 18.4 Å². The molecule has 1 aromatic heterocycles. The third kappa shape index (κ3) is 2.53. The molecule has 1 heterocycles. The van der Waals surface area contributed by atoms with Gasteiger partial charge in [-0.3, -0.25) is 0 Å². The molecule has 0 radical (unpaired) electrons. The number of rotatable bonds is 2. The molecule has 1 fully saturated rings. The number of hydrogen-bond acceptors (Lipinski definition) is 2. The summed E-state index contributed by atoms with van der Waals surface area (Å²) >= 11 is 5.45. The molecule has 0 aromatic carbocycles. The Hall–Kier alpha value is -0.970. The first-order chi connectivity index (χ1) is 6.97. The van der Waals surface area contributed by atoms with Gasteiger partial charge in [0, 0.05) is 6.04 Å². The Bertz CT molecular complexity index is 374. The highest BCUT2D eigenvalue weighted by molar-refractivity contribution is 6.30. The summed E-state index contributed by atoms with van der Waals surface area (Å²) in [6, 6.07) is 2.58. The van der Waals surface area contributed by atoms with E-state index in [0.717, 1.165) is 18.9 Å². The zero-order chi connectivity index (χ0) is 11.1. The monoisotopic (exact) mass is 236 g/mol. The molecule has 1 aliphatic carbocycles. The van der Waals surface area contributed by atoms with Gasteiger partial charge in [-0.05, 0) is 25.0 Å². The quantitative estimate of drug-likeness (QED) is 0.797. The van der Waals surface area contributed by atoms with Crippen molar-refractivity contribution < 1.29 is 13.2 Å². The van der Waals surface area contributed by atoms with E-state index in [9.17, 15) is 13.2 Å². The number of nitrogens with zero attached hydrogens (tertiary/aromatic N) is 1. The topological polar surface area (TPSA) is 24.9 Å². The first-order valence-corrected chi connectivity index (χ1v) is 4.85. The average Bonchev–Trinajstić information content (AvgIpc) is 2.85. The van der Waals surface area contributed by atoms with Crippen molar-refractivity contribution in [2.75, 3.05) is 5.32 Å². The summed E-state index contributed by atoms with van der Waals surface area (Å²) in [5.41, 5.74) is -0.898. The van der Waals surface area contributed by atoms with Crippen LogP contribution in [0.5, 0.6) is 0 Å². The number of hydrogen-bond donors (Lipinski definition) is 1. The van der Waals surface area contributed by atoms with Crippen molar-refractivity contribution in [2.24, 2.45) is 0 Å². The normalized spacial score (nSPS) is 16.5. The van der Waals surface area contributed by atoms with Crippen LogP contribution < -0.4 is 5.32 Å². The molecule has 0 aliphatic heterocycles. The van der Waals surface area contributed by atoms with Crippen LogP contribution in [0.25, 0.3) is 0 Å². The van der Waals surface area contributed by atoms with Crippen LogP contribution in [0.4, 0.5) is 19.0 Å². The van der Waals surface area contributed by atoms with Gasteiger partial charge in [-0.25, -0.2) is 4.98 Å². The zero-order valence-corrected chi connectivity index (χ0v) is 8.36. The number of aromatic nitrogens is 1. The van der Waals surface area contributed by atoms with Crippen molar-refractivity contribution in [3.8, 4) is 0 Å². The second kappa shape index (κ2) is 3.56. The van der Waals surface area contributed by atoms with Crippen molar-refractivity contribution in [2.45, 2.75) is 25.1 Å². The minimum atomic E-state index is -4.44. The van der Waals surface area contributed by atoms with E-state index in [1.54, 1.807) is 0 Å². The van der Waals surface area contributed by atoms with Gasteiger partial charge in [0.2, 0.25) is 0 Å². The van der Waals surface area contributed by atoms with Crippen LogP contribution in [-0.4, -0.2) is 11.0 Å². The number of nitrogens with one attached hydrogen (secondary N) is 1. The third-order valence-electron chi connectivity index (χ3n) is 2.08. The molecule has 0 unspecified atom stereocenters. The lowest BCUT2D eigenvalue weighted by atomic mass is 10.3. The fraction of sp³-hybridized carbons (Fsp3) is 0.444. The predicted molar refractivity (Wildman–Crippen MR) is 50.9 cm³/mol. The summed E-state index contributed by atoms with van der Waals surface area (Å²) in [5, 5.41) is 2.47. The van der Waals surface area contributed by atoms with E-state index in [0.29, 0.717) is 11.9 Å². The molecular formula is C9H8ClF3N2. The number of anilines is 1. The molecular weight excluding hydrogens is 229 g/mol. The maximum atomic E-state index is 12.3. The fourth-order valence-corrected chi connectivity index (χ4v) is 1.42. The van der Waals surface area contributed by atoms with E-state index in [2.05, 4.69) is 10.3 Å². The zero-order valence-electron chi connectivity index (χ0n) is 7.61. The molecule has 0 saturated heterocycles. The maximum Gasteiger partial charge on any atom is 0.419 e. The number of pyridine rings is 1. The molecule has 0 bridgehead atoms. The van der Waals surface area contributed by atoms with Gasteiger partial charge in [0.05, 0.1) is 5.56 Å². The molecule has 1 aromatic rings. The lowest BCUT2D eigenvalue weighted by Gasteiger charge is -2.10. The summed E-state index contributed by atoms with van der Waals surface area (Å²) in [7, 11) is 0. The molecule has 6 heteroatoms. The molecule has 1 saturated carbocycles. The standard InChI is InChI=1S/C9H8ClF3N2/c10-8-6(9(11,12)13)3-4-7(15-8)14-5-1-2-5/h3-5H,1-2H2,(H,14,15). The van der Waals surface area contributed by atoms with Crippen LogP contribution >= 0.6 is 11.6 Å². The molecule has 1 aliphatic rings. The minimum absolute atomic E-state index is 0.338. The maximum absolute atomic E-state index is 12.3. The molecule has 1 N–H and O–H groups in total. The van der Waals surface area contributed by atoms with Gasteiger partial charge in [-0.2, -0.15) is 13.2 Å². The Morgan fingerprint density at radius 2 is 2.00 bits per heavy atom. The summed E-state index contributed by atoms with van der Waals surface area (Å²) in [4.78, 5) is 3.65. The van der Waals surface area contributed by atoms with E-state index in [4.69, 9.17) is 11.6 Å². The molecule has 0 atom stereocenters. The van der Waals surface area contributed by atoms with Crippen LogP contribution in [-0.2, 0) is 6.18 Å². The van der Waals surface area contributed by atoms with Gasteiger partial charge in [0.1, 0.15) is 11.0 Å². The Balaban J connectivity index is 2.21. The smallest absolute Gasteiger partial charge is 0.367 e. The van der Waals surface area contributed by atoms with Crippen molar-refractivity contribution in [3.63, 3.8) is 0 Å². The van der Waals surface area contributed by atoms with Crippen molar-refractivity contribution >= 4 is 17.4 Å². The molecule has 2 nitrogen and oxygen atoms in total. The summed E-state index contributed by atoms with van der Waals surface area (Å²) < 4.78 is 36.9. The van der Waals surface area contributed by atoms with Crippen molar-refractivity contribution in [1.82, 2.24) is 4.98 Å². The van der Waals surface area contributed by atoms with Crippen LogP contribution in [0, 0.1) is 0 Å². The van der Waals surface area contributed by atoms with Gasteiger partial charge < -0.3 is 5.32 Å². The first-order valence-electron chi connectivity index (χ1n) is 4.47. The van der Waals surface area contributed by atoms with Gasteiger partial charge in [-0.1, -0.05) is 11.6 Å². The highest BCUT2D eigenvalue weighted by Gasteiger charge is 2.34. The van der Waals surface area contributed by atoms with Crippen LogP contribution in [0.15, 0.2) is 12.1 Å².